The molecule has 0 aliphatic carbocycles. The molecule has 0 radical (unpaired) electrons. The summed E-state index contributed by atoms with van der Waals surface area (Å²) in [6.45, 7) is 4.37. The number of alkyl halides is 1. The quantitative estimate of drug-likeness (QED) is 0.510. The van der Waals surface area contributed by atoms with E-state index in [9.17, 15) is 0 Å². The molecule has 0 atom stereocenters. The molecule has 1 rings (SSSR count). The molecule has 0 saturated carbocycles. The first-order valence-corrected chi connectivity index (χ1v) is 5.43. The van der Waals surface area contributed by atoms with Crippen LogP contribution < -0.4 is 0 Å². The maximum Gasteiger partial charge on any atom is 0.0333 e. The van der Waals surface area contributed by atoms with Crippen LogP contribution >= 0.6 is 11.6 Å². The lowest BCUT2D eigenvalue weighted by Crippen LogP contribution is -1.91. The molecule has 14 heavy (non-hydrogen) atoms. The number of benzene rings is 1. The predicted molar refractivity (Wildman–Crippen MR) is 62.7 cm³/mol. The minimum absolute atomic E-state index is 0.525. The van der Waals surface area contributed by atoms with Gasteiger partial charge in [-0.15, -0.1) is 11.6 Å². The van der Waals surface area contributed by atoms with E-state index in [-0.39, 0.29) is 0 Å². The van der Waals surface area contributed by atoms with Gasteiger partial charge in [0.05, 0.1) is 0 Å². The first-order valence-electron chi connectivity index (χ1n) is 4.89. The summed E-state index contributed by atoms with van der Waals surface area (Å²) in [5, 5.41) is 0. The third-order valence-electron chi connectivity index (χ3n) is 2.03. The molecule has 0 saturated heterocycles. The Morgan fingerprint density at radius 2 is 2.00 bits per heavy atom. The molecule has 0 aromatic heterocycles. The van der Waals surface area contributed by atoms with Crippen LogP contribution in [0.1, 0.15) is 37.3 Å². The number of hydrogen-bond donors (Lipinski definition) is 0. The van der Waals surface area contributed by atoms with E-state index in [4.69, 9.17) is 11.6 Å². The Morgan fingerprint density at radius 1 is 1.29 bits per heavy atom. The van der Waals surface area contributed by atoms with Crippen molar-refractivity contribution in [2.45, 2.75) is 26.2 Å². The highest BCUT2D eigenvalue weighted by molar-refractivity contribution is 6.18. The summed E-state index contributed by atoms with van der Waals surface area (Å²) in [4.78, 5) is 0. The average molecular weight is 207 g/mol. The van der Waals surface area contributed by atoms with Crippen LogP contribution in [0.15, 0.2) is 24.3 Å². The van der Waals surface area contributed by atoms with E-state index in [0.717, 1.165) is 12.0 Å². The van der Waals surface area contributed by atoms with Crippen molar-refractivity contribution in [2.24, 2.45) is 0 Å². The minimum atomic E-state index is 0.525. The van der Waals surface area contributed by atoms with Crippen molar-refractivity contribution < 1.29 is 0 Å². The molecule has 0 bridgehead atoms. The van der Waals surface area contributed by atoms with Crippen LogP contribution in [0.3, 0.4) is 0 Å². The first-order chi connectivity index (χ1) is 6.75. The zero-order valence-electron chi connectivity index (χ0n) is 8.68. The van der Waals surface area contributed by atoms with E-state index < -0.39 is 0 Å². The second-order valence-corrected chi connectivity index (χ2v) is 3.86. The van der Waals surface area contributed by atoms with Crippen LogP contribution in [-0.4, -0.2) is 5.88 Å². The zero-order chi connectivity index (χ0) is 10.4. The van der Waals surface area contributed by atoms with E-state index in [1.165, 1.54) is 5.56 Å². The number of halogens is 1. The summed E-state index contributed by atoms with van der Waals surface area (Å²) >= 11 is 5.57. The van der Waals surface area contributed by atoms with E-state index in [1.54, 1.807) is 0 Å². The van der Waals surface area contributed by atoms with Gasteiger partial charge in [-0.3, -0.25) is 0 Å². The fourth-order valence-electron chi connectivity index (χ4n) is 1.32. The summed E-state index contributed by atoms with van der Waals surface area (Å²) < 4.78 is 0. The van der Waals surface area contributed by atoms with Gasteiger partial charge in [0.1, 0.15) is 0 Å². The summed E-state index contributed by atoms with van der Waals surface area (Å²) in [6.07, 6.45) is 0.758. The van der Waals surface area contributed by atoms with E-state index in [0.29, 0.717) is 11.8 Å². The number of hydrogen-bond acceptors (Lipinski definition) is 0. The van der Waals surface area contributed by atoms with Gasteiger partial charge in [-0.2, -0.15) is 0 Å². The highest BCUT2D eigenvalue weighted by atomic mass is 35.5. The molecule has 0 N–H and O–H groups in total. The second-order valence-electron chi connectivity index (χ2n) is 3.48. The van der Waals surface area contributed by atoms with Crippen molar-refractivity contribution in [1.29, 1.82) is 0 Å². The highest BCUT2D eigenvalue weighted by Gasteiger charge is 2.02. The molecule has 0 aliphatic rings. The van der Waals surface area contributed by atoms with E-state index in [1.807, 2.05) is 6.07 Å². The Labute approximate surface area is 91.3 Å². The molecular formula is C13H15Cl. The Hall–Kier alpha value is -0.930. The fourth-order valence-corrected chi connectivity index (χ4v) is 1.41. The Kier molecular flexibility index (Phi) is 4.56. The predicted octanol–water partition coefficient (Wildman–Crippen LogP) is 3.79. The summed E-state index contributed by atoms with van der Waals surface area (Å²) in [5.74, 6) is 7.36. The summed E-state index contributed by atoms with van der Waals surface area (Å²) in [5.41, 5.74) is 2.45. The van der Waals surface area contributed by atoms with E-state index >= 15 is 0 Å². The lowest BCUT2D eigenvalue weighted by Gasteiger charge is -2.07. The molecule has 0 nitrogen and oxygen atoms in total. The second kappa shape index (κ2) is 5.73. The van der Waals surface area contributed by atoms with Crippen molar-refractivity contribution in [2.75, 3.05) is 5.88 Å². The molecule has 74 valence electrons. The molecule has 0 fully saturated rings. The topological polar surface area (TPSA) is 0 Å². The zero-order valence-corrected chi connectivity index (χ0v) is 9.43. The Morgan fingerprint density at radius 3 is 2.64 bits per heavy atom. The van der Waals surface area contributed by atoms with Gasteiger partial charge < -0.3 is 0 Å². The van der Waals surface area contributed by atoms with E-state index in [2.05, 4.69) is 43.9 Å². The van der Waals surface area contributed by atoms with Crippen molar-refractivity contribution in [3.05, 3.63) is 35.4 Å². The molecule has 0 aliphatic heterocycles. The lowest BCUT2D eigenvalue weighted by molar-refractivity contribution is 0.863. The Balaban J connectivity index is 2.92. The van der Waals surface area contributed by atoms with Gasteiger partial charge >= 0.3 is 0 Å². The van der Waals surface area contributed by atoms with Crippen LogP contribution in [0, 0.1) is 11.8 Å². The van der Waals surface area contributed by atoms with Crippen LogP contribution in [0.2, 0.25) is 0 Å². The third-order valence-corrected chi connectivity index (χ3v) is 2.21. The lowest BCUT2D eigenvalue weighted by atomic mass is 9.97. The maximum absolute atomic E-state index is 5.57. The Bertz CT molecular complexity index is 342. The third kappa shape index (κ3) is 3.09. The monoisotopic (exact) mass is 206 g/mol. The molecule has 0 amide bonds. The van der Waals surface area contributed by atoms with Crippen LogP contribution in [-0.2, 0) is 0 Å². The maximum atomic E-state index is 5.57. The van der Waals surface area contributed by atoms with Gasteiger partial charge in [0.15, 0.2) is 0 Å². The van der Waals surface area contributed by atoms with Crippen molar-refractivity contribution in [3.8, 4) is 11.8 Å². The number of rotatable bonds is 2. The van der Waals surface area contributed by atoms with Crippen LogP contribution in [0.5, 0.6) is 0 Å². The van der Waals surface area contributed by atoms with Gasteiger partial charge in [-0.05, 0) is 17.5 Å². The fraction of sp³-hybridized carbons (Fsp3) is 0.385. The normalized spacial score (nSPS) is 9.71. The molecule has 1 aromatic rings. The van der Waals surface area contributed by atoms with Crippen LogP contribution in [0.4, 0.5) is 0 Å². The molecule has 0 spiro atoms. The largest absolute Gasteiger partial charge is 0.126 e. The van der Waals surface area contributed by atoms with Crippen molar-refractivity contribution >= 4 is 11.6 Å². The highest BCUT2D eigenvalue weighted by Crippen LogP contribution is 2.17. The molecule has 1 aromatic carbocycles. The smallest absolute Gasteiger partial charge is 0.0333 e. The molecular weight excluding hydrogens is 192 g/mol. The molecule has 1 heteroatoms. The van der Waals surface area contributed by atoms with Crippen molar-refractivity contribution in [3.63, 3.8) is 0 Å². The van der Waals surface area contributed by atoms with Gasteiger partial charge in [0.25, 0.3) is 0 Å². The van der Waals surface area contributed by atoms with Gasteiger partial charge in [0.2, 0.25) is 0 Å². The molecule has 0 unspecified atom stereocenters. The van der Waals surface area contributed by atoms with Gasteiger partial charge in [-0.25, -0.2) is 0 Å². The first kappa shape index (κ1) is 11.1. The standard InChI is InChI=1S/C13H15Cl/c1-11(2)13-9-4-3-7-12(13)8-5-6-10-14/h3-4,7,9,11H,6,10H2,1-2H3. The SMILES string of the molecule is CC(C)c1ccccc1C#CCCCl. The van der Waals surface area contributed by atoms with Crippen LogP contribution in [0.25, 0.3) is 0 Å². The van der Waals surface area contributed by atoms with Gasteiger partial charge in [-0.1, -0.05) is 43.9 Å². The molecule has 0 heterocycles. The van der Waals surface area contributed by atoms with Crippen molar-refractivity contribution in [1.82, 2.24) is 0 Å². The van der Waals surface area contributed by atoms with Gasteiger partial charge in [0, 0.05) is 17.9 Å². The summed E-state index contributed by atoms with van der Waals surface area (Å²) in [7, 11) is 0. The minimum Gasteiger partial charge on any atom is -0.126 e. The average Bonchev–Trinajstić information content (AvgIpc) is 2.19. The summed E-state index contributed by atoms with van der Waals surface area (Å²) in [6, 6.07) is 8.28.